The molecule has 2 amide bonds. The van der Waals surface area contributed by atoms with E-state index in [4.69, 9.17) is 0 Å². The molecule has 4 heteroatoms. The van der Waals surface area contributed by atoms with Crippen molar-refractivity contribution >= 4 is 6.03 Å². The summed E-state index contributed by atoms with van der Waals surface area (Å²) in [5.74, 6) is 0.743. The topological polar surface area (TPSA) is 35.6 Å². The van der Waals surface area contributed by atoms with Crippen LogP contribution in [0.2, 0.25) is 0 Å². The molecule has 1 saturated carbocycles. The van der Waals surface area contributed by atoms with Crippen molar-refractivity contribution in [3.05, 3.63) is 35.4 Å². The first-order valence-electron chi connectivity index (χ1n) is 9.43. The van der Waals surface area contributed by atoms with Crippen LogP contribution in [0.1, 0.15) is 43.7 Å². The van der Waals surface area contributed by atoms with Crippen molar-refractivity contribution in [1.82, 2.24) is 15.1 Å². The fraction of sp³-hybridized carbons (Fsp3) is 0.650. The Morgan fingerprint density at radius 2 is 2.08 bits per heavy atom. The normalized spacial score (nSPS) is 24.2. The molecule has 2 unspecified atom stereocenters. The predicted molar refractivity (Wildman–Crippen MR) is 98.0 cm³/mol. The van der Waals surface area contributed by atoms with Gasteiger partial charge < -0.3 is 10.2 Å². The Morgan fingerprint density at radius 1 is 1.29 bits per heavy atom. The van der Waals surface area contributed by atoms with Crippen LogP contribution in [-0.4, -0.2) is 48.6 Å². The molecule has 0 bridgehead atoms. The molecule has 2 atom stereocenters. The Morgan fingerprint density at radius 3 is 2.88 bits per heavy atom. The molecule has 0 spiro atoms. The maximum absolute atomic E-state index is 12.4. The predicted octanol–water partition coefficient (Wildman–Crippen LogP) is 3.26. The van der Waals surface area contributed by atoms with Gasteiger partial charge in [0.05, 0.1) is 0 Å². The number of urea groups is 1. The Balaban J connectivity index is 1.41. The van der Waals surface area contributed by atoms with Crippen molar-refractivity contribution in [1.29, 1.82) is 0 Å². The van der Waals surface area contributed by atoms with E-state index in [0.717, 1.165) is 51.4 Å². The molecule has 4 nitrogen and oxygen atoms in total. The van der Waals surface area contributed by atoms with E-state index in [1.54, 1.807) is 0 Å². The minimum Gasteiger partial charge on any atom is -0.337 e. The van der Waals surface area contributed by atoms with Gasteiger partial charge in [0, 0.05) is 39.3 Å². The third kappa shape index (κ3) is 4.29. The highest BCUT2D eigenvalue weighted by atomic mass is 16.2. The van der Waals surface area contributed by atoms with E-state index < -0.39 is 0 Å². The molecule has 1 aliphatic heterocycles. The SMILES string of the molecule is CC1CCCC(N(C)C(=O)NCCN2CCc3ccccc3C2)C1. The molecule has 24 heavy (non-hydrogen) atoms. The molecule has 1 N–H and O–H groups in total. The van der Waals surface area contributed by atoms with Gasteiger partial charge in [0.15, 0.2) is 0 Å². The van der Waals surface area contributed by atoms with E-state index >= 15 is 0 Å². The van der Waals surface area contributed by atoms with Crippen LogP contribution in [0.5, 0.6) is 0 Å². The van der Waals surface area contributed by atoms with Crippen LogP contribution >= 0.6 is 0 Å². The summed E-state index contributed by atoms with van der Waals surface area (Å²) in [6, 6.07) is 9.19. The van der Waals surface area contributed by atoms with Crippen molar-refractivity contribution < 1.29 is 4.79 Å². The van der Waals surface area contributed by atoms with Crippen LogP contribution in [0, 0.1) is 5.92 Å². The van der Waals surface area contributed by atoms with Crippen molar-refractivity contribution in [3.8, 4) is 0 Å². The lowest BCUT2D eigenvalue weighted by atomic mass is 9.86. The fourth-order valence-electron chi connectivity index (χ4n) is 4.11. The van der Waals surface area contributed by atoms with Gasteiger partial charge in [-0.3, -0.25) is 4.90 Å². The van der Waals surface area contributed by atoms with Crippen LogP contribution in [-0.2, 0) is 13.0 Å². The number of rotatable bonds is 4. The first-order chi connectivity index (χ1) is 11.6. The maximum atomic E-state index is 12.4. The number of carbonyl (C=O) groups is 1. The highest BCUT2D eigenvalue weighted by Crippen LogP contribution is 2.26. The van der Waals surface area contributed by atoms with Gasteiger partial charge in [0.2, 0.25) is 0 Å². The Kier molecular flexibility index (Phi) is 5.77. The molecule has 0 radical (unpaired) electrons. The largest absolute Gasteiger partial charge is 0.337 e. The number of nitrogens with one attached hydrogen (secondary N) is 1. The first kappa shape index (κ1) is 17.3. The summed E-state index contributed by atoms with van der Waals surface area (Å²) in [5.41, 5.74) is 2.91. The average molecular weight is 329 g/mol. The number of nitrogens with zero attached hydrogens (tertiary/aromatic N) is 2. The second kappa shape index (κ2) is 8.02. The lowest BCUT2D eigenvalue weighted by molar-refractivity contribution is 0.158. The molecule has 2 aliphatic rings. The second-order valence-corrected chi connectivity index (χ2v) is 7.56. The zero-order valence-electron chi connectivity index (χ0n) is 15.1. The summed E-state index contributed by atoms with van der Waals surface area (Å²) in [5, 5.41) is 3.11. The molecular weight excluding hydrogens is 298 g/mol. The first-order valence-corrected chi connectivity index (χ1v) is 9.43. The fourth-order valence-corrected chi connectivity index (χ4v) is 4.11. The van der Waals surface area contributed by atoms with Crippen molar-refractivity contribution in [2.24, 2.45) is 5.92 Å². The highest BCUT2D eigenvalue weighted by molar-refractivity contribution is 5.74. The minimum atomic E-state index is 0.0894. The van der Waals surface area contributed by atoms with Gasteiger partial charge in [-0.15, -0.1) is 0 Å². The van der Waals surface area contributed by atoms with E-state index in [1.165, 1.54) is 24.0 Å². The Bertz CT molecular complexity index is 560. The molecule has 132 valence electrons. The summed E-state index contributed by atoms with van der Waals surface area (Å²) in [4.78, 5) is 16.8. The van der Waals surface area contributed by atoms with E-state index in [-0.39, 0.29) is 6.03 Å². The average Bonchev–Trinajstić information content (AvgIpc) is 2.61. The zero-order chi connectivity index (χ0) is 16.9. The molecular formula is C20H31N3O. The molecule has 1 aliphatic carbocycles. The van der Waals surface area contributed by atoms with Crippen LogP contribution < -0.4 is 5.32 Å². The van der Waals surface area contributed by atoms with Crippen LogP contribution in [0.3, 0.4) is 0 Å². The third-order valence-corrected chi connectivity index (χ3v) is 5.69. The molecule has 1 aromatic rings. The summed E-state index contributed by atoms with van der Waals surface area (Å²) >= 11 is 0. The summed E-state index contributed by atoms with van der Waals surface area (Å²) in [6.07, 6.45) is 5.97. The summed E-state index contributed by atoms with van der Waals surface area (Å²) < 4.78 is 0. The van der Waals surface area contributed by atoms with Gasteiger partial charge in [-0.2, -0.15) is 0 Å². The lowest BCUT2D eigenvalue weighted by Gasteiger charge is -2.34. The van der Waals surface area contributed by atoms with Gasteiger partial charge in [-0.25, -0.2) is 4.79 Å². The number of hydrogen-bond donors (Lipinski definition) is 1. The van der Waals surface area contributed by atoms with Crippen molar-refractivity contribution in [2.75, 3.05) is 26.7 Å². The summed E-state index contributed by atoms with van der Waals surface area (Å²) in [6.45, 7) is 6.04. The number of fused-ring (bicyclic) bond motifs is 1. The smallest absolute Gasteiger partial charge is 0.317 e. The van der Waals surface area contributed by atoms with Crippen molar-refractivity contribution in [2.45, 2.75) is 51.6 Å². The molecule has 1 aromatic carbocycles. The van der Waals surface area contributed by atoms with Gasteiger partial charge in [-0.05, 0) is 36.3 Å². The van der Waals surface area contributed by atoms with E-state index in [1.807, 2.05) is 11.9 Å². The van der Waals surface area contributed by atoms with Crippen LogP contribution in [0.25, 0.3) is 0 Å². The quantitative estimate of drug-likeness (QED) is 0.920. The van der Waals surface area contributed by atoms with Gasteiger partial charge in [-0.1, -0.05) is 44.0 Å². The third-order valence-electron chi connectivity index (χ3n) is 5.69. The second-order valence-electron chi connectivity index (χ2n) is 7.56. The minimum absolute atomic E-state index is 0.0894. The Hall–Kier alpha value is -1.55. The Labute approximate surface area is 146 Å². The molecule has 0 aromatic heterocycles. The van der Waals surface area contributed by atoms with E-state index in [2.05, 4.69) is 41.4 Å². The lowest BCUT2D eigenvalue weighted by Crippen LogP contribution is -2.47. The monoisotopic (exact) mass is 329 g/mol. The number of amides is 2. The molecule has 0 saturated heterocycles. The molecule has 3 rings (SSSR count). The molecule has 1 fully saturated rings. The van der Waals surface area contributed by atoms with Gasteiger partial charge in [0.25, 0.3) is 0 Å². The van der Waals surface area contributed by atoms with Gasteiger partial charge >= 0.3 is 6.03 Å². The number of benzene rings is 1. The van der Waals surface area contributed by atoms with Crippen LogP contribution in [0.15, 0.2) is 24.3 Å². The highest BCUT2D eigenvalue weighted by Gasteiger charge is 2.25. The van der Waals surface area contributed by atoms with Crippen molar-refractivity contribution in [3.63, 3.8) is 0 Å². The maximum Gasteiger partial charge on any atom is 0.317 e. The zero-order valence-corrected chi connectivity index (χ0v) is 15.1. The van der Waals surface area contributed by atoms with E-state index in [0.29, 0.717) is 6.04 Å². The molecule has 1 heterocycles. The number of hydrogen-bond acceptors (Lipinski definition) is 2. The standard InChI is InChI=1S/C20H31N3O/c1-16-6-5-9-19(14-16)22(2)20(24)21-11-13-23-12-10-17-7-3-4-8-18(17)15-23/h3-4,7-8,16,19H,5-6,9-15H2,1-2H3,(H,21,24). The number of carbonyl (C=O) groups excluding carboxylic acids is 1. The van der Waals surface area contributed by atoms with E-state index in [9.17, 15) is 4.79 Å². The summed E-state index contributed by atoms with van der Waals surface area (Å²) in [7, 11) is 1.95. The van der Waals surface area contributed by atoms with Gasteiger partial charge in [0.1, 0.15) is 0 Å². The van der Waals surface area contributed by atoms with Crippen LogP contribution in [0.4, 0.5) is 4.79 Å².